The molecule has 0 fully saturated rings. The Labute approximate surface area is 101 Å². The molecule has 1 aromatic heterocycles. The molecule has 0 saturated carbocycles. The Balaban J connectivity index is 3.63. The first kappa shape index (κ1) is 12.9. The standard InChI is InChI=1S/C7H2BrClF2N2O3/c8-5-4(6(9)14)3(7(10)11)2(1-12-5)13(15)16/h1,7H. The molecule has 0 aliphatic carbocycles. The third-order valence-electron chi connectivity index (χ3n) is 1.66. The molecule has 0 N–H and O–H groups in total. The first-order valence-electron chi connectivity index (χ1n) is 3.67. The predicted octanol–water partition coefficient (Wildman–Crippen LogP) is 3.07. The Morgan fingerprint density at radius 2 is 2.19 bits per heavy atom. The van der Waals surface area contributed by atoms with Crippen LogP contribution >= 0.6 is 27.5 Å². The van der Waals surface area contributed by atoms with Crippen LogP contribution in [0.15, 0.2) is 10.8 Å². The summed E-state index contributed by atoms with van der Waals surface area (Å²) in [5, 5.41) is 9.24. The molecule has 0 aromatic carbocycles. The number of rotatable bonds is 3. The van der Waals surface area contributed by atoms with E-state index >= 15 is 0 Å². The number of nitro groups is 1. The van der Waals surface area contributed by atoms with Crippen molar-refractivity contribution in [3.05, 3.63) is 32.0 Å². The van der Waals surface area contributed by atoms with E-state index in [1.54, 1.807) is 0 Å². The van der Waals surface area contributed by atoms with Gasteiger partial charge in [0.1, 0.15) is 16.4 Å². The molecule has 0 aliphatic rings. The van der Waals surface area contributed by atoms with Gasteiger partial charge in [0.2, 0.25) is 0 Å². The van der Waals surface area contributed by atoms with Gasteiger partial charge in [0, 0.05) is 0 Å². The Bertz CT molecular complexity index is 469. The molecule has 5 nitrogen and oxygen atoms in total. The van der Waals surface area contributed by atoms with Crippen LogP contribution in [0.5, 0.6) is 0 Å². The van der Waals surface area contributed by atoms with Crippen LogP contribution < -0.4 is 0 Å². The van der Waals surface area contributed by atoms with E-state index in [0.29, 0.717) is 6.20 Å². The summed E-state index contributed by atoms with van der Waals surface area (Å²) >= 11 is 7.80. The molecule has 0 atom stereocenters. The Kier molecular flexibility index (Phi) is 3.87. The van der Waals surface area contributed by atoms with E-state index in [1.165, 1.54) is 0 Å². The number of hydrogen-bond acceptors (Lipinski definition) is 4. The number of alkyl halides is 2. The zero-order chi connectivity index (χ0) is 12.5. The lowest BCUT2D eigenvalue weighted by Crippen LogP contribution is -2.06. The van der Waals surface area contributed by atoms with Gasteiger partial charge in [-0.05, 0) is 27.5 Å². The van der Waals surface area contributed by atoms with Gasteiger partial charge in [-0.1, -0.05) is 0 Å². The van der Waals surface area contributed by atoms with Crippen LogP contribution in [-0.2, 0) is 0 Å². The average molecular weight is 315 g/mol. The second-order valence-corrected chi connectivity index (χ2v) is 3.65. The fourth-order valence-corrected chi connectivity index (χ4v) is 1.85. The molecule has 16 heavy (non-hydrogen) atoms. The van der Waals surface area contributed by atoms with Crippen LogP contribution in [0.4, 0.5) is 14.5 Å². The van der Waals surface area contributed by atoms with Gasteiger partial charge in [-0.25, -0.2) is 13.8 Å². The van der Waals surface area contributed by atoms with Crippen molar-refractivity contribution in [1.29, 1.82) is 0 Å². The van der Waals surface area contributed by atoms with Gasteiger partial charge in [0.25, 0.3) is 17.4 Å². The average Bonchev–Trinajstić information content (AvgIpc) is 2.15. The van der Waals surface area contributed by atoms with E-state index in [0.717, 1.165) is 0 Å². The van der Waals surface area contributed by atoms with E-state index < -0.39 is 33.4 Å². The SMILES string of the molecule is O=C(Cl)c1c(Br)ncc([N+](=O)[O-])c1C(F)F. The highest BCUT2D eigenvalue weighted by Crippen LogP contribution is 2.35. The molecule has 0 radical (unpaired) electrons. The van der Waals surface area contributed by atoms with Crippen molar-refractivity contribution < 1.29 is 18.5 Å². The van der Waals surface area contributed by atoms with E-state index in [1.807, 2.05) is 0 Å². The third-order valence-corrected chi connectivity index (χ3v) is 2.45. The number of halogens is 4. The quantitative estimate of drug-likeness (QED) is 0.372. The minimum absolute atomic E-state index is 0.256. The van der Waals surface area contributed by atoms with Crippen molar-refractivity contribution in [2.75, 3.05) is 0 Å². The lowest BCUT2D eigenvalue weighted by molar-refractivity contribution is -0.386. The van der Waals surface area contributed by atoms with Gasteiger partial charge in [0.15, 0.2) is 0 Å². The van der Waals surface area contributed by atoms with Crippen LogP contribution in [-0.4, -0.2) is 15.1 Å². The van der Waals surface area contributed by atoms with Crippen molar-refractivity contribution in [3.63, 3.8) is 0 Å². The fourth-order valence-electron chi connectivity index (χ4n) is 1.04. The second-order valence-electron chi connectivity index (χ2n) is 2.55. The number of carbonyl (C=O) groups excluding carboxylic acids is 1. The Morgan fingerprint density at radius 3 is 2.56 bits per heavy atom. The summed E-state index contributed by atoms with van der Waals surface area (Å²) in [4.78, 5) is 23.7. The summed E-state index contributed by atoms with van der Waals surface area (Å²) in [7, 11) is 0. The smallest absolute Gasteiger partial charge is 0.275 e. The monoisotopic (exact) mass is 314 g/mol. The van der Waals surface area contributed by atoms with Crippen LogP contribution in [0.3, 0.4) is 0 Å². The summed E-state index contributed by atoms with van der Waals surface area (Å²) in [6.45, 7) is 0. The van der Waals surface area contributed by atoms with Gasteiger partial charge in [-0.3, -0.25) is 14.9 Å². The maximum Gasteiger partial charge on any atom is 0.297 e. The van der Waals surface area contributed by atoms with Crippen molar-refractivity contribution in [2.45, 2.75) is 6.43 Å². The van der Waals surface area contributed by atoms with E-state index in [9.17, 15) is 23.7 Å². The maximum absolute atomic E-state index is 12.6. The zero-order valence-corrected chi connectivity index (χ0v) is 9.63. The summed E-state index contributed by atoms with van der Waals surface area (Å²) < 4.78 is 25.0. The number of carbonyl (C=O) groups is 1. The van der Waals surface area contributed by atoms with E-state index in [2.05, 4.69) is 20.9 Å². The molecule has 86 valence electrons. The van der Waals surface area contributed by atoms with Crippen LogP contribution in [0.25, 0.3) is 0 Å². The van der Waals surface area contributed by atoms with Gasteiger partial charge in [-0.15, -0.1) is 0 Å². The molecule has 0 spiro atoms. The van der Waals surface area contributed by atoms with Crippen molar-refractivity contribution in [3.8, 4) is 0 Å². The first-order valence-corrected chi connectivity index (χ1v) is 4.84. The lowest BCUT2D eigenvalue weighted by Gasteiger charge is -2.06. The molecular formula is C7H2BrClF2N2O3. The van der Waals surface area contributed by atoms with Crippen LogP contribution in [0.2, 0.25) is 0 Å². The highest BCUT2D eigenvalue weighted by atomic mass is 79.9. The number of pyridine rings is 1. The maximum atomic E-state index is 12.6. The normalized spacial score (nSPS) is 10.6. The zero-order valence-electron chi connectivity index (χ0n) is 7.29. The topological polar surface area (TPSA) is 73.1 Å². The molecule has 0 amide bonds. The number of aromatic nitrogens is 1. The van der Waals surface area contributed by atoms with E-state index in [4.69, 9.17) is 11.6 Å². The van der Waals surface area contributed by atoms with Gasteiger partial charge in [-0.2, -0.15) is 0 Å². The Morgan fingerprint density at radius 1 is 1.62 bits per heavy atom. The molecule has 0 saturated heterocycles. The predicted molar refractivity (Wildman–Crippen MR) is 53.7 cm³/mol. The molecule has 1 rings (SSSR count). The minimum Gasteiger partial charge on any atom is -0.275 e. The highest BCUT2D eigenvalue weighted by molar-refractivity contribution is 9.10. The fraction of sp³-hybridized carbons (Fsp3) is 0.143. The summed E-state index contributed by atoms with van der Waals surface area (Å²) in [5.41, 5.74) is -2.67. The molecule has 0 bridgehead atoms. The molecule has 9 heteroatoms. The summed E-state index contributed by atoms with van der Waals surface area (Å²) in [5.74, 6) is 0. The summed E-state index contributed by atoms with van der Waals surface area (Å²) in [6.07, 6.45) is -2.56. The first-order chi connectivity index (χ1) is 7.36. The Hall–Kier alpha value is -1.15. The van der Waals surface area contributed by atoms with Gasteiger partial charge < -0.3 is 0 Å². The van der Waals surface area contributed by atoms with Gasteiger partial charge in [0.05, 0.1) is 10.5 Å². The van der Waals surface area contributed by atoms with Gasteiger partial charge >= 0.3 is 0 Å². The highest BCUT2D eigenvalue weighted by Gasteiger charge is 2.30. The van der Waals surface area contributed by atoms with Crippen LogP contribution in [0, 0.1) is 10.1 Å². The molecule has 0 aliphatic heterocycles. The largest absolute Gasteiger partial charge is 0.297 e. The van der Waals surface area contributed by atoms with Crippen LogP contribution in [0.1, 0.15) is 22.3 Å². The third kappa shape index (κ3) is 2.33. The molecule has 1 aromatic rings. The minimum atomic E-state index is -3.20. The molecule has 0 unspecified atom stereocenters. The number of hydrogen-bond donors (Lipinski definition) is 0. The van der Waals surface area contributed by atoms with Crippen molar-refractivity contribution in [1.82, 2.24) is 4.98 Å². The molecule has 1 heterocycles. The number of nitrogens with zero attached hydrogens (tertiary/aromatic N) is 2. The lowest BCUT2D eigenvalue weighted by atomic mass is 10.1. The second kappa shape index (κ2) is 4.79. The van der Waals surface area contributed by atoms with E-state index in [-0.39, 0.29) is 4.60 Å². The summed E-state index contributed by atoms with van der Waals surface area (Å²) in [6, 6.07) is 0. The molecular weight excluding hydrogens is 313 g/mol. The van der Waals surface area contributed by atoms with Crippen molar-refractivity contribution in [2.24, 2.45) is 0 Å². The van der Waals surface area contributed by atoms with Crippen molar-refractivity contribution >= 4 is 38.5 Å².